The Labute approximate surface area is 119 Å². The predicted molar refractivity (Wildman–Crippen MR) is 76.0 cm³/mol. The standard InChI is InChI=1S/C12H17BrN2O2S/c1-15(4-2-10-6-9(13)8-18-10)12(16)11-7-14-3-5-17-11/h6,8,11,14H,2-5,7H2,1H3. The summed E-state index contributed by atoms with van der Waals surface area (Å²) in [5, 5.41) is 5.23. The maximum absolute atomic E-state index is 12.1. The van der Waals surface area contributed by atoms with E-state index in [-0.39, 0.29) is 12.0 Å². The minimum absolute atomic E-state index is 0.0674. The molecular weight excluding hydrogens is 316 g/mol. The smallest absolute Gasteiger partial charge is 0.252 e. The van der Waals surface area contributed by atoms with E-state index in [1.165, 1.54) is 4.88 Å². The van der Waals surface area contributed by atoms with Crippen molar-refractivity contribution >= 4 is 33.2 Å². The molecule has 2 rings (SSSR count). The van der Waals surface area contributed by atoms with Crippen LogP contribution in [0.1, 0.15) is 4.88 Å². The van der Waals surface area contributed by atoms with Gasteiger partial charge in [0.15, 0.2) is 0 Å². The number of nitrogens with one attached hydrogen (secondary N) is 1. The molecule has 6 heteroatoms. The lowest BCUT2D eigenvalue weighted by Crippen LogP contribution is -2.48. The maximum Gasteiger partial charge on any atom is 0.252 e. The molecule has 2 heterocycles. The van der Waals surface area contributed by atoms with Crippen LogP contribution in [0.25, 0.3) is 0 Å². The van der Waals surface area contributed by atoms with E-state index < -0.39 is 0 Å². The Morgan fingerprint density at radius 3 is 3.17 bits per heavy atom. The predicted octanol–water partition coefficient (Wildman–Crippen LogP) is 1.50. The molecule has 1 N–H and O–H groups in total. The van der Waals surface area contributed by atoms with E-state index in [1.54, 1.807) is 16.2 Å². The molecule has 1 aromatic rings. The molecule has 1 atom stereocenters. The van der Waals surface area contributed by atoms with Crippen molar-refractivity contribution in [3.05, 3.63) is 20.8 Å². The largest absolute Gasteiger partial charge is 0.366 e. The zero-order valence-corrected chi connectivity index (χ0v) is 12.7. The minimum atomic E-state index is -0.321. The number of hydrogen-bond donors (Lipinski definition) is 1. The fourth-order valence-electron chi connectivity index (χ4n) is 1.84. The highest BCUT2D eigenvalue weighted by Gasteiger charge is 2.24. The van der Waals surface area contributed by atoms with Crippen molar-refractivity contribution in [3.8, 4) is 0 Å². The summed E-state index contributed by atoms with van der Waals surface area (Å²) in [5.74, 6) is 0.0674. The van der Waals surface area contributed by atoms with E-state index in [0.29, 0.717) is 13.2 Å². The number of nitrogens with zero attached hydrogens (tertiary/aromatic N) is 1. The lowest BCUT2D eigenvalue weighted by molar-refractivity contribution is -0.143. The molecule has 4 nitrogen and oxygen atoms in total. The van der Waals surface area contributed by atoms with E-state index >= 15 is 0 Å². The minimum Gasteiger partial charge on any atom is -0.366 e. The number of morpholine rings is 1. The van der Waals surface area contributed by atoms with Crippen LogP contribution in [0.4, 0.5) is 0 Å². The first-order chi connectivity index (χ1) is 8.66. The summed E-state index contributed by atoms with van der Waals surface area (Å²) in [5.41, 5.74) is 0. The number of rotatable bonds is 4. The van der Waals surface area contributed by atoms with Crippen molar-refractivity contribution in [2.75, 3.05) is 33.3 Å². The maximum atomic E-state index is 12.1. The molecule has 0 saturated carbocycles. The van der Waals surface area contributed by atoms with Crippen molar-refractivity contribution in [2.45, 2.75) is 12.5 Å². The van der Waals surface area contributed by atoms with Crippen molar-refractivity contribution in [2.24, 2.45) is 0 Å². The van der Waals surface area contributed by atoms with Crippen molar-refractivity contribution < 1.29 is 9.53 Å². The van der Waals surface area contributed by atoms with Gasteiger partial charge >= 0.3 is 0 Å². The van der Waals surface area contributed by atoms with Gasteiger partial charge in [-0.2, -0.15) is 0 Å². The van der Waals surface area contributed by atoms with Crippen molar-refractivity contribution in [3.63, 3.8) is 0 Å². The third-order valence-electron chi connectivity index (χ3n) is 2.89. The quantitative estimate of drug-likeness (QED) is 0.908. The number of thiophene rings is 1. The lowest BCUT2D eigenvalue weighted by Gasteiger charge is -2.27. The number of hydrogen-bond acceptors (Lipinski definition) is 4. The van der Waals surface area contributed by atoms with E-state index in [0.717, 1.165) is 24.0 Å². The molecule has 1 aliphatic heterocycles. The van der Waals surface area contributed by atoms with Crippen LogP contribution in [-0.4, -0.2) is 50.2 Å². The number of ether oxygens (including phenoxy) is 1. The van der Waals surface area contributed by atoms with Gasteiger partial charge < -0.3 is 15.0 Å². The van der Waals surface area contributed by atoms with Gasteiger partial charge in [0, 0.05) is 41.4 Å². The summed E-state index contributed by atoms with van der Waals surface area (Å²) < 4.78 is 6.57. The van der Waals surface area contributed by atoms with Crippen LogP contribution < -0.4 is 5.32 Å². The van der Waals surface area contributed by atoms with Gasteiger partial charge in [-0.15, -0.1) is 11.3 Å². The topological polar surface area (TPSA) is 41.6 Å². The second-order valence-electron chi connectivity index (χ2n) is 4.30. The van der Waals surface area contributed by atoms with E-state index in [9.17, 15) is 4.79 Å². The summed E-state index contributed by atoms with van der Waals surface area (Å²) in [4.78, 5) is 15.1. The highest BCUT2D eigenvalue weighted by Crippen LogP contribution is 2.20. The second kappa shape index (κ2) is 6.65. The van der Waals surface area contributed by atoms with Crippen molar-refractivity contribution in [1.82, 2.24) is 10.2 Å². The van der Waals surface area contributed by atoms with Crippen LogP contribution in [-0.2, 0) is 16.0 Å². The highest BCUT2D eigenvalue weighted by molar-refractivity contribution is 9.10. The van der Waals surface area contributed by atoms with Gasteiger partial charge in [0.05, 0.1) is 6.61 Å². The summed E-state index contributed by atoms with van der Waals surface area (Å²) in [7, 11) is 1.84. The Morgan fingerprint density at radius 2 is 2.56 bits per heavy atom. The summed E-state index contributed by atoms with van der Waals surface area (Å²) in [6.07, 6.45) is 0.567. The monoisotopic (exact) mass is 332 g/mol. The average molecular weight is 333 g/mol. The van der Waals surface area contributed by atoms with Gasteiger partial charge in [-0.25, -0.2) is 0 Å². The zero-order chi connectivity index (χ0) is 13.0. The molecule has 1 unspecified atom stereocenters. The van der Waals surface area contributed by atoms with E-state index in [1.807, 2.05) is 7.05 Å². The molecule has 1 amide bonds. The number of halogens is 1. The fourth-order valence-corrected chi connectivity index (χ4v) is 3.29. The van der Waals surface area contributed by atoms with Crippen LogP contribution >= 0.6 is 27.3 Å². The molecule has 0 radical (unpaired) electrons. The Balaban J connectivity index is 1.79. The molecule has 0 bridgehead atoms. The van der Waals surface area contributed by atoms with Gasteiger partial charge in [0.1, 0.15) is 6.10 Å². The van der Waals surface area contributed by atoms with E-state index in [2.05, 4.69) is 32.7 Å². The SMILES string of the molecule is CN(CCc1cc(Br)cs1)C(=O)C1CNCCO1. The first kappa shape index (κ1) is 14.0. The van der Waals surface area contributed by atoms with Crippen LogP contribution in [0.2, 0.25) is 0 Å². The molecule has 0 aliphatic carbocycles. The normalized spacial score (nSPS) is 19.8. The molecule has 1 saturated heterocycles. The molecular formula is C12H17BrN2O2S. The lowest BCUT2D eigenvalue weighted by atomic mass is 10.2. The van der Waals surface area contributed by atoms with Gasteiger partial charge in [0.25, 0.3) is 5.91 Å². The molecule has 0 aromatic carbocycles. The molecule has 1 fully saturated rings. The number of likely N-dealkylation sites (N-methyl/N-ethyl adjacent to an activating group) is 1. The van der Waals surface area contributed by atoms with Gasteiger partial charge in [0.2, 0.25) is 0 Å². The Bertz CT molecular complexity index is 405. The zero-order valence-electron chi connectivity index (χ0n) is 10.3. The highest BCUT2D eigenvalue weighted by atomic mass is 79.9. The van der Waals surface area contributed by atoms with Gasteiger partial charge in [-0.3, -0.25) is 4.79 Å². The van der Waals surface area contributed by atoms with Crippen molar-refractivity contribution in [1.29, 1.82) is 0 Å². The molecule has 18 heavy (non-hydrogen) atoms. The molecule has 1 aliphatic rings. The second-order valence-corrected chi connectivity index (χ2v) is 6.22. The average Bonchev–Trinajstić information content (AvgIpc) is 2.82. The van der Waals surface area contributed by atoms with Gasteiger partial charge in [-0.05, 0) is 28.4 Å². The fraction of sp³-hybridized carbons (Fsp3) is 0.583. The number of amides is 1. The van der Waals surface area contributed by atoms with Crippen LogP contribution in [0.3, 0.4) is 0 Å². The number of carbonyl (C=O) groups excluding carboxylic acids is 1. The van der Waals surface area contributed by atoms with Crippen LogP contribution in [0.15, 0.2) is 15.9 Å². The summed E-state index contributed by atoms with van der Waals surface area (Å²) in [6.45, 7) is 2.79. The van der Waals surface area contributed by atoms with Gasteiger partial charge in [-0.1, -0.05) is 0 Å². The summed E-state index contributed by atoms with van der Waals surface area (Å²) >= 11 is 5.14. The Kier molecular flexibility index (Phi) is 5.17. The molecule has 0 spiro atoms. The first-order valence-corrected chi connectivity index (χ1v) is 7.64. The van der Waals surface area contributed by atoms with Crippen LogP contribution in [0.5, 0.6) is 0 Å². The van der Waals surface area contributed by atoms with E-state index in [4.69, 9.17) is 4.74 Å². The molecule has 100 valence electrons. The summed E-state index contributed by atoms with van der Waals surface area (Å²) in [6, 6.07) is 2.10. The van der Waals surface area contributed by atoms with Crippen LogP contribution in [0, 0.1) is 0 Å². The molecule has 1 aromatic heterocycles. The third-order valence-corrected chi connectivity index (χ3v) is 4.65. The Morgan fingerprint density at radius 1 is 1.72 bits per heavy atom. The Hall–Kier alpha value is -0.430. The third kappa shape index (κ3) is 3.78. The number of carbonyl (C=O) groups is 1. The first-order valence-electron chi connectivity index (χ1n) is 5.97.